The van der Waals surface area contributed by atoms with Gasteiger partial charge in [-0.1, -0.05) is 12.2 Å². The molecule has 6 heteroatoms. The molecule has 0 spiro atoms. The van der Waals surface area contributed by atoms with Gasteiger partial charge < -0.3 is 19.9 Å². The molecule has 0 saturated carbocycles. The average Bonchev–Trinajstić information content (AvgIpc) is 2.70. The number of benzene rings is 1. The summed E-state index contributed by atoms with van der Waals surface area (Å²) < 4.78 is 9.69. The molecule has 1 heterocycles. The van der Waals surface area contributed by atoms with Crippen molar-refractivity contribution in [2.24, 2.45) is 0 Å². The van der Waals surface area contributed by atoms with Gasteiger partial charge in [0.15, 0.2) is 0 Å². The van der Waals surface area contributed by atoms with E-state index in [2.05, 4.69) is 10.1 Å². The lowest BCUT2D eigenvalue weighted by Crippen LogP contribution is -2.17. The van der Waals surface area contributed by atoms with Gasteiger partial charge in [-0.3, -0.25) is 0 Å². The highest BCUT2D eigenvalue weighted by Gasteiger charge is 2.28. The lowest BCUT2D eigenvalue weighted by atomic mass is 10.2. The van der Waals surface area contributed by atoms with E-state index in [1.165, 1.54) is 0 Å². The Hall–Kier alpha value is -2.08. The minimum absolute atomic E-state index is 0.0146. The molecule has 0 amide bonds. The summed E-state index contributed by atoms with van der Waals surface area (Å²) in [6.07, 6.45) is 0. The SMILES string of the molecule is COc1ccc(NC(=S)C2=C(O)COC2=O)cc1. The molecule has 0 bridgehead atoms. The molecule has 2 rings (SSSR count). The second kappa shape index (κ2) is 5.05. The van der Waals surface area contributed by atoms with Crippen molar-refractivity contribution in [1.82, 2.24) is 0 Å². The van der Waals surface area contributed by atoms with E-state index >= 15 is 0 Å². The summed E-state index contributed by atoms with van der Waals surface area (Å²) in [6, 6.07) is 7.02. The minimum Gasteiger partial charge on any atom is -0.508 e. The van der Waals surface area contributed by atoms with E-state index in [0.717, 1.165) is 0 Å². The fraction of sp³-hybridized carbons (Fsp3) is 0.167. The maximum atomic E-state index is 11.3. The van der Waals surface area contributed by atoms with E-state index < -0.39 is 5.97 Å². The molecule has 18 heavy (non-hydrogen) atoms. The first-order valence-electron chi connectivity index (χ1n) is 5.16. The van der Waals surface area contributed by atoms with Crippen LogP contribution in [0.4, 0.5) is 5.69 Å². The number of esters is 1. The van der Waals surface area contributed by atoms with Gasteiger partial charge in [0, 0.05) is 5.69 Å². The molecule has 0 atom stereocenters. The zero-order valence-electron chi connectivity index (χ0n) is 9.60. The van der Waals surface area contributed by atoms with Crippen molar-refractivity contribution in [1.29, 1.82) is 0 Å². The predicted molar refractivity (Wildman–Crippen MR) is 69.8 cm³/mol. The molecule has 0 radical (unpaired) electrons. The van der Waals surface area contributed by atoms with Crippen molar-refractivity contribution in [3.63, 3.8) is 0 Å². The summed E-state index contributed by atoms with van der Waals surface area (Å²) in [5.74, 6) is -0.0432. The van der Waals surface area contributed by atoms with E-state index in [0.29, 0.717) is 11.4 Å². The topological polar surface area (TPSA) is 67.8 Å². The van der Waals surface area contributed by atoms with Crippen LogP contribution in [0, 0.1) is 0 Å². The van der Waals surface area contributed by atoms with Crippen LogP contribution in [0.3, 0.4) is 0 Å². The fourth-order valence-electron chi connectivity index (χ4n) is 1.49. The summed E-state index contributed by atoms with van der Waals surface area (Å²) in [5, 5.41) is 12.3. The number of carbonyl (C=O) groups is 1. The van der Waals surface area contributed by atoms with Crippen molar-refractivity contribution in [3.05, 3.63) is 35.6 Å². The number of hydrogen-bond acceptors (Lipinski definition) is 5. The van der Waals surface area contributed by atoms with E-state index in [4.69, 9.17) is 17.0 Å². The van der Waals surface area contributed by atoms with Crippen LogP contribution in [0.25, 0.3) is 0 Å². The molecule has 2 N–H and O–H groups in total. The van der Waals surface area contributed by atoms with Crippen molar-refractivity contribution in [3.8, 4) is 5.75 Å². The highest BCUT2D eigenvalue weighted by molar-refractivity contribution is 7.81. The first kappa shape index (κ1) is 12.4. The van der Waals surface area contributed by atoms with E-state index in [-0.39, 0.29) is 22.9 Å². The van der Waals surface area contributed by atoms with Gasteiger partial charge in [0.05, 0.1) is 7.11 Å². The van der Waals surface area contributed by atoms with E-state index in [1.807, 2.05) is 0 Å². The number of aliphatic hydroxyl groups excluding tert-OH is 1. The highest BCUT2D eigenvalue weighted by atomic mass is 32.1. The maximum Gasteiger partial charge on any atom is 0.345 e. The van der Waals surface area contributed by atoms with Crippen LogP contribution < -0.4 is 10.1 Å². The van der Waals surface area contributed by atoms with Gasteiger partial charge >= 0.3 is 5.97 Å². The molecule has 1 aromatic carbocycles. The standard InChI is InChI=1S/C12H11NO4S/c1-16-8-4-2-7(3-5-8)13-11(18)10-9(14)6-17-12(10)15/h2-5,14H,6H2,1H3,(H,13,18). The molecule has 0 fully saturated rings. The number of carbonyl (C=O) groups excluding carboxylic acids is 1. The molecule has 1 aromatic rings. The summed E-state index contributed by atoms with van der Waals surface area (Å²) in [5.41, 5.74) is 0.710. The molecular formula is C12H11NO4S. The van der Waals surface area contributed by atoms with Crippen molar-refractivity contribution < 1.29 is 19.4 Å². The smallest absolute Gasteiger partial charge is 0.345 e. The largest absolute Gasteiger partial charge is 0.508 e. The first-order chi connectivity index (χ1) is 8.61. The predicted octanol–water partition coefficient (Wildman–Crippen LogP) is 1.80. The lowest BCUT2D eigenvalue weighted by molar-refractivity contribution is -0.135. The van der Waals surface area contributed by atoms with Gasteiger partial charge in [0.2, 0.25) is 0 Å². The van der Waals surface area contributed by atoms with Gasteiger partial charge in [-0.05, 0) is 24.3 Å². The summed E-state index contributed by atoms with van der Waals surface area (Å²) in [7, 11) is 1.57. The number of anilines is 1. The van der Waals surface area contributed by atoms with Crippen molar-refractivity contribution >= 4 is 28.9 Å². The first-order valence-corrected chi connectivity index (χ1v) is 5.57. The van der Waals surface area contributed by atoms with E-state index in [9.17, 15) is 9.90 Å². The molecule has 0 unspecified atom stereocenters. The van der Waals surface area contributed by atoms with Crippen molar-refractivity contribution in [2.45, 2.75) is 0 Å². The number of methoxy groups -OCH3 is 1. The second-order valence-corrected chi connectivity index (χ2v) is 3.99. The number of nitrogens with one attached hydrogen (secondary N) is 1. The quantitative estimate of drug-likeness (QED) is 0.641. The second-order valence-electron chi connectivity index (χ2n) is 3.58. The summed E-state index contributed by atoms with van der Waals surface area (Å²) in [6.45, 7) is -0.126. The molecule has 1 aliphatic heterocycles. The van der Waals surface area contributed by atoms with Crippen LogP contribution in [0.5, 0.6) is 5.75 Å². The third-order valence-corrected chi connectivity index (χ3v) is 2.71. The number of aliphatic hydroxyl groups is 1. The molecule has 0 aromatic heterocycles. The van der Waals surface area contributed by atoms with Gasteiger partial charge in [0.1, 0.15) is 28.7 Å². The average molecular weight is 265 g/mol. The minimum atomic E-state index is -0.612. The lowest BCUT2D eigenvalue weighted by Gasteiger charge is -2.08. The summed E-state index contributed by atoms with van der Waals surface area (Å²) in [4.78, 5) is 11.5. The van der Waals surface area contributed by atoms with E-state index in [1.54, 1.807) is 31.4 Å². The summed E-state index contributed by atoms with van der Waals surface area (Å²) >= 11 is 5.05. The van der Waals surface area contributed by atoms with Crippen LogP contribution in [0.1, 0.15) is 0 Å². The number of rotatable bonds is 3. The molecule has 0 saturated heterocycles. The number of hydrogen-bond donors (Lipinski definition) is 2. The molecule has 5 nitrogen and oxygen atoms in total. The number of cyclic esters (lactones) is 1. The third kappa shape index (κ3) is 2.43. The monoisotopic (exact) mass is 265 g/mol. The Labute approximate surface area is 109 Å². The Morgan fingerprint density at radius 1 is 1.44 bits per heavy atom. The zero-order chi connectivity index (χ0) is 13.1. The molecule has 94 valence electrons. The Kier molecular flexibility index (Phi) is 3.47. The van der Waals surface area contributed by atoms with Crippen LogP contribution >= 0.6 is 12.2 Å². The Morgan fingerprint density at radius 3 is 2.61 bits per heavy atom. The molecule has 1 aliphatic rings. The van der Waals surface area contributed by atoms with Crippen LogP contribution in [-0.4, -0.2) is 29.8 Å². The Balaban J connectivity index is 2.11. The maximum absolute atomic E-state index is 11.3. The van der Waals surface area contributed by atoms with Gasteiger partial charge in [-0.2, -0.15) is 0 Å². The number of thiocarbonyl (C=S) groups is 1. The Bertz CT molecular complexity index is 521. The zero-order valence-corrected chi connectivity index (χ0v) is 10.4. The molecular weight excluding hydrogens is 254 g/mol. The highest BCUT2D eigenvalue weighted by Crippen LogP contribution is 2.19. The van der Waals surface area contributed by atoms with Crippen molar-refractivity contribution in [2.75, 3.05) is 19.0 Å². The number of ether oxygens (including phenoxy) is 2. The fourth-order valence-corrected chi connectivity index (χ4v) is 1.81. The van der Waals surface area contributed by atoms with Crippen LogP contribution in [-0.2, 0) is 9.53 Å². The van der Waals surface area contributed by atoms with Gasteiger partial charge in [-0.15, -0.1) is 0 Å². The van der Waals surface area contributed by atoms with Gasteiger partial charge in [-0.25, -0.2) is 4.79 Å². The van der Waals surface area contributed by atoms with Crippen LogP contribution in [0.15, 0.2) is 35.6 Å². The third-order valence-electron chi connectivity index (χ3n) is 2.41. The molecule has 0 aliphatic carbocycles. The Morgan fingerprint density at radius 2 is 2.11 bits per heavy atom. The normalized spacial score (nSPS) is 14.4. The van der Waals surface area contributed by atoms with Crippen LogP contribution in [0.2, 0.25) is 0 Å². The van der Waals surface area contributed by atoms with Gasteiger partial charge in [0.25, 0.3) is 0 Å².